The summed E-state index contributed by atoms with van der Waals surface area (Å²) in [6.07, 6.45) is -0.157. The summed E-state index contributed by atoms with van der Waals surface area (Å²) < 4.78 is 10.4. The first-order valence-electron chi connectivity index (χ1n) is 6.95. The number of benzene rings is 1. The highest BCUT2D eigenvalue weighted by molar-refractivity contribution is 5.98. The Kier molecular flexibility index (Phi) is 3.54. The van der Waals surface area contributed by atoms with Gasteiger partial charge in [0.15, 0.2) is 0 Å². The largest absolute Gasteiger partial charge is 0.465 e. The van der Waals surface area contributed by atoms with Crippen LogP contribution in [-0.2, 0) is 20.9 Å². The molecule has 0 fully saturated rings. The molecule has 1 amide bonds. The van der Waals surface area contributed by atoms with Crippen molar-refractivity contribution in [3.05, 3.63) is 34.9 Å². The van der Waals surface area contributed by atoms with Gasteiger partial charge in [0.25, 0.3) is 0 Å². The first-order chi connectivity index (χ1) is 10.5. The smallest absolute Gasteiger partial charge is 0.337 e. The Morgan fingerprint density at radius 1 is 1.41 bits per heavy atom. The van der Waals surface area contributed by atoms with Crippen molar-refractivity contribution < 1.29 is 19.1 Å². The van der Waals surface area contributed by atoms with E-state index in [1.807, 2.05) is 6.92 Å². The van der Waals surface area contributed by atoms with E-state index >= 15 is 0 Å². The molecule has 1 N–H and O–H groups in total. The van der Waals surface area contributed by atoms with Crippen molar-refractivity contribution in [1.82, 2.24) is 4.98 Å². The number of fused-ring (bicyclic) bond motifs is 3. The van der Waals surface area contributed by atoms with Gasteiger partial charge in [-0.2, -0.15) is 0 Å². The SMILES string of the molecule is COC(=O)c1ccc2nc(NC(C)=O)c3c(c2c1)CO[C@@H]3C. The monoisotopic (exact) mass is 300 g/mol. The molecular weight excluding hydrogens is 284 g/mol. The van der Waals surface area contributed by atoms with Crippen LogP contribution >= 0.6 is 0 Å². The number of carbonyl (C=O) groups excluding carboxylic acids is 2. The molecule has 0 radical (unpaired) electrons. The van der Waals surface area contributed by atoms with E-state index in [4.69, 9.17) is 9.47 Å². The van der Waals surface area contributed by atoms with E-state index in [1.54, 1.807) is 18.2 Å². The number of carbonyl (C=O) groups is 2. The predicted octanol–water partition coefficient (Wildman–Crippen LogP) is 2.57. The fourth-order valence-electron chi connectivity index (χ4n) is 2.74. The normalized spacial score (nSPS) is 16.4. The zero-order chi connectivity index (χ0) is 15.9. The highest BCUT2D eigenvalue weighted by Crippen LogP contribution is 2.39. The van der Waals surface area contributed by atoms with Gasteiger partial charge in [0.2, 0.25) is 5.91 Å². The second-order valence-electron chi connectivity index (χ2n) is 5.21. The van der Waals surface area contributed by atoms with Gasteiger partial charge in [-0.1, -0.05) is 0 Å². The third-order valence-corrected chi connectivity index (χ3v) is 3.73. The van der Waals surface area contributed by atoms with Gasteiger partial charge in [-0.25, -0.2) is 9.78 Å². The van der Waals surface area contributed by atoms with Gasteiger partial charge in [-0.15, -0.1) is 0 Å². The van der Waals surface area contributed by atoms with E-state index in [2.05, 4.69) is 10.3 Å². The summed E-state index contributed by atoms with van der Waals surface area (Å²) in [4.78, 5) is 27.6. The Hall–Kier alpha value is -2.47. The third kappa shape index (κ3) is 2.31. The average molecular weight is 300 g/mol. The van der Waals surface area contributed by atoms with Crippen LogP contribution in [0.15, 0.2) is 18.2 Å². The van der Waals surface area contributed by atoms with Crippen LogP contribution in [0.1, 0.15) is 41.4 Å². The molecule has 1 atom stereocenters. The highest BCUT2D eigenvalue weighted by atomic mass is 16.5. The number of pyridine rings is 1. The second kappa shape index (κ2) is 5.38. The first kappa shape index (κ1) is 14.5. The van der Waals surface area contributed by atoms with Crippen LogP contribution < -0.4 is 5.32 Å². The number of aromatic nitrogens is 1. The Morgan fingerprint density at radius 3 is 2.86 bits per heavy atom. The molecule has 1 aromatic heterocycles. The van der Waals surface area contributed by atoms with Crippen LogP contribution in [0, 0.1) is 0 Å². The number of nitrogens with one attached hydrogen (secondary N) is 1. The van der Waals surface area contributed by atoms with E-state index < -0.39 is 5.97 Å². The predicted molar refractivity (Wildman–Crippen MR) is 80.6 cm³/mol. The van der Waals surface area contributed by atoms with Gasteiger partial charge >= 0.3 is 5.97 Å². The number of hydrogen-bond acceptors (Lipinski definition) is 5. The van der Waals surface area contributed by atoms with E-state index in [0.717, 1.165) is 16.5 Å². The molecule has 0 saturated heterocycles. The molecule has 0 unspecified atom stereocenters. The summed E-state index contributed by atoms with van der Waals surface area (Å²) in [6, 6.07) is 5.16. The molecule has 0 saturated carbocycles. The maximum Gasteiger partial charge on any atom is 0.337 e. The van der Waals surface area contributed by atoms with Crippen LogP contribution in [0.25, 0.3) is 10.9 Å². The Morgan fingerprint density at radius 2 is 2.18 bits per heavy atom. The lowest BCUT2D eigenvalue weighted by Gasteiger charge is -2.13. The molecule has 6 nitrogen and oxygen atoms in total. The first-order valence-corrected chi connectivity index (χ1v) is 6.95. The molecular formula is C16H16N2O4. The number of hydrogen-bond donors (Lipinski definition) is 1. The highest BCUT2D eigenvalue weighted by Gasteiger charge is 2.27. The molecule has 1 aromatic carbocycles. The third-order valence-electron chi connectivity index (χ3n) is 3.73. The number of esters is 1. The molecule has 22 heavy (non-hydrogen) atoms. The number of amides is 1. The molecule has 0 bridgehead atoms. The Bertz CT molecular complexity index is 785. The molecule has 0 spiro atoms. The molecule has 3 rings (SSSR count). The number of ether oxygens (including phenoxy) is 2. The van der Waals surface area contributed by atoms with Crippen LogP contribution in [0.4, 0.5) is 5.82 Å². The average Bonchev–Trinajstić information content (AvgIpc) is 2.88. The minimum Gasteiger partial charge on any atom is -0.465 e. The number of methoxy groups -OCH3 is 1. The summed E-state index contributed by atoms with van der Waals surface area (Å²) in [5, 5.41) is 3.60. The van der Waals surface area contributed by atoms with Gasteiger partial charge in [0.05, 0.1) is 30.9 Å². The second-order valence-corrected chi connectivity index (χ2v) is 5.21. The number of nitrogens with zero attached hydrogens (tertiary/aromatic N) is 1. The van der Waals surface area contributed by atoms with Crippen LogP contribution in [0.2, 0.25) is 0 Å². The van der Waals surface area contributed by atoms with Gasteiger partial charge < -0.3 is 14.8 Å². The fourth-order valence-corrected chi connectivity index (χ4v) is 2.74. The molecule has 114 valence electrons. The van der Waals surface area contributed by atoms with Crippen molar-refractivity contribution in [2.45, 2.75) is 26.6 Å². The van der Waals surface area contributed by atoms with Crippen molar-refractivity contribution in [3.8, 4) is 0 Å². The van der Waals surface area contributed by atoms with E-state index in [1.165, 1.54) is 14.0 Å². The molecule has 2 aromatic rings. The summed E-state index contributed by atoms with van der Waals surface area (Å²) in [5.74, 6) is -0.0568. The van der Waals surface area contributed by atoms with Crippen molar-refractivity contribution in [2.24, 2.45) is 0 Å². The van der Waals surface area contributed by atoms with Gasteiger partial charge in [-0.05, 0) is 30.7 Å². The van der Waals surface area contributed by atoms with E-state index in [0.29, 0.717) is 23.5 Å². The van der Waals surface area contributed by atoms with Crippen LogP contribution in [0.5, 0.6) is 0 Å². The lowest BCUT2D eigenvalue weighted by Crippen LogP contribution is -2.11. The summed E-state index contributed by atoms with van der Waals surface area (Å²) in [5.41, 5.74) is 2.98. The maximum atomic E-state index is 11.7. The van der Waals surface area contributed by atoms with Crippen molar-refractivity contribution in [1.29, 1.82) is 0 Å². The molecule has 6 heteroatoms. The standard InChI is InChI=1S/C16H16N2O4/c1-8-14-12(7-22-8)11-6-10(16(20)21-3)4-5-13(11)18-15(14)17-9(2)19/h4-6,8H,7H2,1-3H3,(H,17,18,19)/t8-/m1/s1. The summed E-state index contributed by atoms with van der Waals surface area (Å²) in [6.45, 7) is 3.78. The van der Waals surface area contributed by atoms with Crippen molar-refractivity contribution >= 4 is 28.6 Å². The Labute approximate surface area is 127 Å². The van der Waals surface area contributed by atoms with Crippen LogP contribution in [-0.4, -0.2) is 24.0 Å². The van der Waals surface area contributed by atoms with Crippen molar-refractivity contribution in [3.63, 3.8) is 0 Å². The van der Waals surface area contributed by atoms with Crippen molar-refractivity contribution in [2.75, 3.05) is 12.4 Å². The fraction of sp³-hybridized carbons (Fsp3) is 0.312. The Balaban J connectivity index is 2.24. The molecule has 1 aliphatic heterocycles. The summed E-state index contributed by atoms with van der Waals surface area (Å²) in [7, 11) is 1.35. The minimum atomic E-state index is -0.395. The van der Waals surface area contributed by atoms with Gasteiger partial charge in [-0.3, -0.25) is 4.79 Å². The lowest BCUT2D eigenvalue weighted by atomic mass is 10.00. The van der Waals surface area contributed by atoms with Crippen LogP contribution in [0.3, 0.4) is 0 Å². The lowest BCUT2D eigenvalue weighted by molar-refractivity contribution is -0.114. The number of rotatable bonds is 2. The van der Waals surface area contributed by atoms with E-state index in [9.17, 15) is 9.59 Å². The van der Waals surface area contributed by atoms with Gasteiger partial charge in [0, 0.05) is 17.9 Å². The molecule has 0 aliphatic carbocycles. The molecule has 1 aliphatic rings. The quantitative estimate of drug-likeness (QED) is 0.862. The van der Waals surface area contributed by atoms with E-state index in [-0.39, 0.29) is 12.0 Å². The number of anilines is 1. The maximum absolute atomic E-state index is 11.7. The minimum absolute atomic E-state index is 0.157. The topological polar surface area (TPSA) is 77.5 Å². The zero-order valence-electron chi connectivity index (χ0n) is 12.6. The summed E-state index contributed by atoms with van der Waals surface area (Å²) >= 11 is 0. The zero-order valence-corrected chi connectivity index (χ0v) is 12.6. The van der Waals surface area contributed by atoms with Gasteiger partial charge in [0.1, 0.15) is 5.82 Å². The molecule has 2 heterocycles.